The van der Waals surface area contributed by atoms with Gasteiger partial charge in [-0.05, 0) is 19.1 Å². The average molecular weight is 289 g/mol. The highest BCUT2D eigenvalue weighted by Gasteiger charge is 2.51. The second-order valence-electron chi connectivity index (χ2n) is 3.86. The van der Waals surface area contributed by atoms with Crippen molar-refractivity contribution in [2.75, 3.05) is 18.6 Å². The molecule has 98 valence electrons. The van der Waals surface area contributed by atoms with Gasteiger partial charge in [0.15, 0.2) is 15.7 Å². The zero-order chi connectivity index (χ0) is 13.3. The molecular weight excluding hydrogens is 277 g/mol. The van der Waals surface area contributed by atoms with Gasteiger partial charge < -0.3 is 10.6 Å². The molecule has 0 radical (unpaired) electrons. The first kappa shape index (κ1) is 13.3. The van der Waals surface area contributed by atoms with Crippen LogP contribution in [0.15, 0.2) is 4.34 Å². The highest BCUT2D eigenvalue weighted by Crippen LogP contribution is 2.41. The molecule has 0 atom stereocenters. The first-order valence-electron chi connectivity index (χ1n) is 5.27. The normalized spacial score (nSPS) is 16.2. The van der Waals surface area contributed by atoms with Crippen molar-refractivity contribution in [2.45, 2.75) is 22.9 Å². The molecule has 2 amide bonds. The van der Waals surface area contributed by atoms with Crippen molar-refractivity contribution in [1.82, 2.24) is 10.3 Å². The Balaban J connectivity index is 2.22. The maximum Gasteiger partial charge on any atom is 0.272 e. The molecule has 1 saturated carbocycles. The smallest absolute Gasteiger partial charge is 0.272 e. The molecule has 1 heterocycles. The lowest BCUT2D eigenvalue weighted by atomic mass is 10.3. The van der Waals surface area contributed by atoms with Crippen LogP contribution in [0.5, 0.6) is 0 Å². The van der Waals surface area contributed by atoms with Crippen molar-refractivity contribution in [3.8, 4) is 0 Å². The molecule has 1 aromatic rings. The van der Waals surface area contributed by atoms with Crippen LogP contribution in [-0.4, -0.2) is 35.8 Å². The Kier molecular flexibility index (Phi) is 3.58. The van der Waals surface area contributed by atoms with Crippen LogP contribution >= 0.6 is 23.1 Å². The standard InChI is InChI=1S/C10H12FN3O2S2/c1-12-6(15)5-7(18-9(13-5)17-2)14-8(16)10(11)3-4-10/h3-4H2,1-2H3,(H,12,15)(H,14,16). The monoisotopic (exact) mass is 289 g/mol. The van der Waals surface area contributed by atoms with E-state index < -0.39 is 17.5 Å². The molecule has 1 aliphatic carbocycles. The molecule has 1 aliphatic rings. The summed E-state index contributed by atoms with van der Waals surface area (Å²) in [6.07, 6.45) is 2.29. The van der Waals surface area contributed by atoms with Crippen LogP contribution in [0.25, 0.3) is 0 Å². The molecule has 2 N–H and O–H groups in total. The second-order valence-corrected chi connectivity index (χ2v) is 5.91. The molecule has 1 fully saturated rings. The molecule has 0 aromatic carbocycles. The van der Waals surface area contributed by atoms with Crippen molar-refractivity contribution >= 4 is 39.9 Å². The van der Waals surface area contributed by atoms with Gasteiger partial charge in [0.1, 0.15) is 5.00 Å². The number of aromatic nitrogens is 1. The Labute approximate surface area is 112 Å². The Bertz CT molecular complexity index is 499. The van der Waals surface area contributed by atoms with E-state index in [0.29, 0.717) is 9.34 Å². The largest absolute Gasteiger partial charge is 0.354 e. The van der Waals surface area contributed by atoms with Gasteiger partial charge in [-0.1, -0.05) is 23.1 Å². The van der Waals surface area contributed by atoms with Gasteiger partial charge in [-0.15, -0.1) is 0 Å². The highest BCUT2D eigenvalue weighted by atomic mass is 32.2. The van der Waals surface area contributed by atoms with Crippen LogP contribution in [0, 0.1) is 0 Å². The maximum absolute atomic E-state index is 13.5. The van der Waals surface area contributed by atoms with E-state index in [-0.39, 0.29) is 18.5 Å². The predicted octanol–water partition coefficient (Wildman–Crippen LogP) is 1.67. The number of hydrogen-bond acceptors (Lipinski definition) is 5. The van der Waals surface area contributed by atoms with Gasteiger partial charge in [0.25, 0.3) is 11.8 Å². The van der Waals surface area contributed by atoms with Crippen molar-refractivity contribution < 1.29 is 14.0 Å². The lowest BCUT2D eigenvalue weighted by Crippen LogP contribution is -2.27. The average Bonchev–Trinajstić information content (AvgIpc) is 2.99. The summed E-state index contributed by atoms with van der Waals surface area (Å²) in [7, 11) is 1.48. The van der Waals surface area contributed by atoms with Crippen molar-refractivity contribution in [2.24, 2.45) is 0 Å². The number of nitrogens with zero attached hydrogens (tertiary/aromatic N) is 1. The van der Waals surface area contributed by atoms with Crippen LogP contribution in [0.4, 0.5) is 9.39 Å². The number of amides is 2. The van der Waals surface area contributed by atoms with Gasteiger partial charge in [0.05, 0.1) is 0 Å². The number of halogens is 1. The van der Waals surface area contributed by atoms with Crippen molar-refractivity contribution in [3.05, 3.63) is 5.69 Å². The minimum atomic E-state index is -1.76. The van der Waals surface area contributed by atoms with E-state index in [4.69, 9.17) is 0 Å². The summed E-state index contributed by atoms with van der Waals surface area (Å²) in [6.45, 7) is 0. The number of carbonyl (C=O) groups is 2. The number of anilines is 1. The van der Waals surface area contributed by atoms with Crippen LogP contribution in [0.2, 0.25) is 0 Å². The lowest BCUT2D eigenvalue weighted by molar-refractivity contribution is -0.122. The fourth-order valence-corrected chi connectivity index (χ4v) is 2.75. The second kappa shape index (κ2) is 4.85. The van der Waals surface area contributed by atoms with E-state index in [0.717, 1.165) is 0 Å². The van der Waals surface area contributed by atoms with Crippen LogP contribution < -0.4 is 10.6 Å². The SMILES string of the molecule is CNC(=O)c1nc(SC)sc1NC(=O)C1(F)CC1. The fourth-order valence-electron chi connectivity index (χ4n) is 1.30. The van der Waals surface area contributed by atoms with E-state index in [9.17, 15) is 14.0 Å². The molecule has 2 rings (SSSR count). The molecule has 0 aliphatic heterocycles. The van der Waals surface area contributed by atoms with Crippen LogP contribution in [-0.2, 0) is 4.79 Å². The van der Waals surface area contributed by atoms with Crippen molar-refractivity contribution in [1.29, 1.82) is 0 Å². The first-order valence-corrected chi connectivity index (χ1v) is 7.31. The molecule has 5 nitrogen and oxygen atoms in total. The molecule has 0 spiro atoms. The topological polar surface area (TPSA) is 71.1 Å². The number of thiazole rings is 1. The zero-order valence-electron chi connectivity index (χ0n) is 9.87. The minimum Gasteiger partial charge on any atom is -0.354 e. The van der Waals surface area contributed by atoms with Gasteiger partial charge in [0.2, 0.25) is 0 Å². The molecule has 0 saturated heterocycles. The number of rotatable bonds is 4. The Hall–Kier alpha value is -1.15. The third-order valence-corrected chi connectivity index (χ3v) is 4.50. The maximum atomic E-state index is 13.5. The molecule has 8 heteroatoms. The predicted molar refractivity (Wildman–Crippen MR) is 69.0 cm³/mol. The summed E-state index contributed by atoms with van der Waals surface area (Å²) in [5, 5.41) is 5.19. The number of carbonyl (C=O) groups excluding carboxylic acids is 2. The number of nitrogens with one attached hydrogen (secondary N) is 2. The third-order valence-electron chi connectivity index (χ3n) is 2.55. The van der Waals surface area contributed by atoms with Crippen LogP contribution in [0.3, 0.4) is 0 Å². The minimum absolute atomic E-state index is 0.129. The summed E-state index contributed by atoms with van der Waals surface area (Å²) in [5.41, 5.74) is -1.63. The highest BCUT2D eigenvalue weighted by molar-refractivity contribution is 8.00. The van der Waals surface area contributed by atoms with E-state index in [2.05, 4.69) is 15.6 Å². The summed E-state index contributed by atoms with van der Waals surface area (Å²) in [6, 6.07) is 0. The molecule has 0 bridgehead atoms. The van der Waals surface area contributed by atoms with E-state index in [1.54, 1.807) is 0 Å². The van der Waals surface area contributed by atoms with Gasteiger partial charge in [0, 0.05) is 7.05 Å². The van der Waals surface area contributed by atoms with Gasteiger partial charge in [-0.25, -0.2) is 9.37 Å². The molecular formula is C10H12FN3O2S2. The van der Waals surface area contributed by atoms with Crippen LogP contribution in [0.1, 0.15) is 23.3 Å². The molecule has 18 heavy (non-hydrogen) atoms. The summed E-state index contributed by atoms with van der Waals surface area (Å²) >= 11 is 2.53. The summed E-state index contributed by atoms with van der Waals surface area (Å²) < 4.78 is 14.2. The molecule has 1 aromatic heterocycles. The summed E-state index contributed by atoms with van der Waals surface area (Å²) in [4.78, 5) is 27.3. The van der Waals surface area contributed by atoms with E-state index in [1.807, 2.05) is 6.26 Å². The molecule has 0 unspecified atom stereocenters. The Morgan fingerprint density at radius 2 is 2.17 bits per heavy atom. The van der Waals surface area contributed by atoms with Crippen molar-refractivity contribution in [3.63, 3.8) is 0 Å². The summed E-state index contributed by atoms with van der Waals surface area (Å²) in [5.74, 6) is -1.09. The van der Waals surface area contributed by atoms with Gasteiger partial charge >= 0.3 is 0 Å². The van der Waals surface area contributed by atoms with Gasteiger partial charge in [-0.3, -0.25) is 9.59 Å². The number of alkyl halides is 1. The fraction of sp³-hybridized carbons (Fsp3) is 0.500. The van der Waals surface area contributed by atoms with E-state index in [1.165, 1.54) is 30.1 Å². The Morgan fingerprint density at radius 1 is 1.50 bits per heavy atom. The quantitative estimate of drug-likeness (QED) is 0.827. The first-order chi connectivity index (χ1) is 8.50. The van der Waals surface area contributed by atoms with E-state index >= 15 is 0 Å². The number of hydrogen-bond donors (Lipinski definition) is 2. The lowest BCUT2D eigenvalue weighted by Gasteiger charge is -2.06. The third kappa shape index (κ3) is 2.49. The number of thioether (sulfide) groups is 1. The van der Waals surface area contributed by atoms with Gasteiger partial charge in [-0.2, -0.15) is 0 Å². The zero-order valence-corrected chi connectivity index (χ0v) is 11.5. The Morgan fingerprint density at radius 3 is 2.67 bits per heavy atom.